The molecule has 2 rings (SSSR count). The summed E-state index contributed by atoms with van der Waals surface area (Å²) in [6, 6.07) is 10.2. The summed E-state index contributed by atoms with van der Waals surface area (Å²) < 4.78 is 5.72. The molecule has 96 valence electrons. The molecule has 1 aromatic rings. The van der Waals surface area contributed by atoms with Crippen LogP contribution in [0.25, 0.3) is 0 Å². The van der Waals surface area contributed by atoms with Crippen LogP contribution in [0.1, 0.15) is 12.5 Å². The van der Waals surface area contributed by atoms with Gasteiger partial charge in [0.05, 0.1) is 19.3 Å². The van der Waals surface area contributed by atoms with Crippen molar-refractivity contribution in [2.75, 3.05) is 13.7 Å². The standard InChI is InChI=1S/C15H19NO2/c1-12-8-9-15(17)16(2)14(12)11-18-10-13-6-4-3-5-7-13/h3-9,12,14H,10-11H2,1-2H3. The quantitative estimate of drug-likeness (QED) is 0.814. The second kappa shape index (κ2) is 5.83. The minimum absolute atomic E-state index is 0.0569. The molecular weight excluding hydrogens is 226 g/mol. The van der Waals surface area contributed by atoms with Gasteiger partial charge in [0.15, 0.2) is 0 Å². The molecule has 0 aromatic heterocycles. The van der Waals surface area contributed by atoms with Gasteiger partial charge in [-0.3, -0.25) is 4.79 Å². The van der Waals surface area contributed by atoms with E-state index >= 15 is 0 Å². The molecule has 1 aliphatic rings. The summed E-state index contributed by atoms with van der Waals surface area (Å²) in [7, 11) is 1.83. The lowest BCUT2D eigenvalue weighted by atomic mass is 9.97. The second-order valence-electron chi connectivity index (χ2n) is 4.74. The highest BCUT2D eigenvalue weighted by Gasteiger charge is 2.26. The van der Waals surface area contributed by atoms with Crippen LogP contribution in [-0.4, -0.2) is 30.5 Å². The molecule has 2 unspecified atom stereocenters. The normalized spacial score (nSPS) is 23.4. The zero-order valence-corrected chi connectivity index (χ0v) is 10.9. The number of carbonyl (C=O) groups excluding carboxylic acids is 1. The molecule has 1 aliphatic heterocycles. The zero-order valence-electron chi connectivity index (χ0n) is 10.9. The van der Waals surface area contributed by atoms with Crippen LogP contribution >= 0.6 is 0 Å². The molecule has 1 heterocycles. The van der Waals surface area contributed by atoms with E-state index in [0.717, 1.165) is 5.56 Å². The molecule has 1 aromatic carbocycles. The summed E-state index contributed by atoms with van der Waals surface area (Å²) in [5.74, 6) is 0.393. The Balaban J connectivity index is 1.86. The fourth-order valence-corrected chi connectivity index (χ4v) is 2.13. The first-order chi connectivity index (χ1) is 8.68. The highest BCUT2D eigenvalue weighted by molar-refractivity contribution is 5.88. The smallest absolute Gasteiger partial charge is 0.246 e. The van der Waals surface area contributed by atoms with Crippen molar-refractivity contribution in [3.05, 3.63) is 48.0 Å². The molecule has 3 nitrogen and oxygen atoms in total. The van der Waals surface area contributed by atoms with E-state index in [-0.39, 0.29) is 11.9 Å². The average molecular weight is 245 g/mol. The summed E-state index contributed by atoms with van der Waals surface area (Å²) in [5, 5.41) is 0. The van der Waals surface area contributed by atoms with Gasteiger partial charge in [0, 0.05) is 7.05 Å². The molecule has 0 saturated heterocycles. The average Bonchev–Trinajstić information content (AvgIpc) is 2.39. The maximum Gasteiger partial charge on any atom is 0.246 e. The molecule has 0 radical (unpaired) electrons. The van der Waals surface area contributed by atoms with Gasteiger partial charge in [-0.05, 0) is 17.6 Å². The predicted molar refractivity (Wildman–Crippen MR) is 71.0 cm³/mol. The van der Waals surface area contributed by atoms with Crippen molar-refractivity contribution in [2.24, 2.45) is 5.92 Å². The first kappa shape index (κ1) is 12.8. The number of nitrogens with zero attached hydrogens (tertiary/aromatic N) is 1. The third kappa shape index (κ3) is 2.99. The lowest BCUT2D eigenvalue weighted by Gasteiger charge is -2.33. The van der Waals surface area contributed by atoms with Crippen molar-refractivity contribution in [2.45, 2.75) is 19.6 Å². The van der Waals surface area contributed by atoms with Crippen molar-refractivity contribution in [3.8, 4) is 0 Å². The Morgan fingerprint density at radius 3 is 2.72 bits per heavy atom. The minimum Gasteiger partial charge on any atom is -0.375 e. The topological polar surface area (TPSA) is 29.5 Å². The van der Waals surface area contributed by atoms with Gasteiger partial charge in [0.1, 0.15) is 0 Å². The monoisotopic (exact) mass is 245 g/mol. The molecule has 0 bridgehead atoms. The molecule has 1 amide bonds. The second-order valence-corrected chi connectivity index (χ2v) is 4.74. The van der Waals surface area contributed by atoms with Crippen molar-refractivity contribution in [1.29, 1.82) is 0 Å². The Morgan fingerprint density at radius 1 is 1.28 bits per heavy atom. The van der Waals surface area contributed by atoms with Crippen LogP contribution in [0.4, 0.5) is 0 Å². The van der Waals surface area contributed by atoms with E-state index in [9.17, 15) is 4.79 Å². The van der Waals surface area contributed by atoms with Gasteiger partial charge in [-0.15, -0.1) is 0 Å². The van der Waals surface area contributed by atoms with Crippen LogP contribution in [0.3, 0.4) is 0 Å². The first-order valence-electron chi connectivity index (χ1n) is 6.25. The third-order valence-electron chi connectivity index (χ3n) is 3.39. The highest BCUT2D eigenvalue weighted by Crippen LogP contribution is 2.17. The van der Waals surface area contributed by atoms with Gasteiger partial charge < -0.3 is 9.64 Å². The molecule has 0 aliphatic carbocycles. The van der Waals surface area contributed by atoms with Crippen LogP contribution in [0.5, 0.6) is 0 Å². The number of hydrogen-bond donors (Lipinski definition) is 0. The lowest BCUT2D eigenvalue weighted by molar-refractivity contribution is -0.130. The number of rotatable bonds is 4. The van der Waals surface area contributed by atoms with Crippen LogP contribution in [0, 0.1) is 5.92 Å². The van der Waals surface area contributed by atoms with E-state index < -0.39 is 0 Å². The summed E-state index contributed by atoms with van der Waals surface area (Å²) in [4.78, 5) is 13.3. The molecule has 0 spiro atoms. The van der Waals surface area contributed by atoms with Gasteiger partial charge in [-0.25, -0.2) is 0 Å². The molecule has 0 fully saturated rings. The predicted octanol–water partition coefficient (Wildman–Crippen LogP) is 2.24. The lowest BCUT2D eigenvalue weighted by Crippen LogP contribution is -2.45. The SMILES string of the molecule is CC1C=CC(=O)N(C)C1COCc1ccccc1. The number of likely N-dealkylation sites (N-methyl/N-ethyl adjacent to an activating group) is 1. The van der Waals surface area contributed by atoms with E-state index in [0.29, 0.717) is 19.1 Å². The summed E-state index contributed by atoms with van der Waals surface area (Å²) in [5.41, 5.74) is 1.16. The van der Waals surface area contributed by atoms with Gasteiger partial charge in [0.25, 0.3) is 0 Å². The minimum atomic E-state index is 0.0569. The van der Waals surface area contributed by atoms with Crippen molar-refractivity contribution < 1.29 is 9.53 Å². The molecule has 3 heteroatoms. The largest absolute Gasteiger partial charge is 0.375 e. The van der Waals surface area contributed by atoms with Crippen LogP contribution < -0.4 is 0 Å². The van der Waals surface area contributed by atoms with Gasteiger partial charge >= 0.3 is 0 Å². The van der Waals surface area contributed by atoms with E-state index in [1.54, 1.807) is 11.0 Å². The fraction of sp³-hybridized carbons (Fsp3) is 0.400. The van der Waals surface area contributed by atoms with Crippen LogP contribution in [-0.2, 0) is 16.1 Å². The Kier molecular flexibility index (Phi) is 4.15. The third-order valence-corrected chi connectivity index (χ3v) is 3.39. The molecular formula is C15H19NO2. The summed E-state index contributed by atoms with van der Waals surface area (Å²) in [6.07, 6.45) is 3.59. The van der Waals surface area contributed by atoms with E-state index in [1.807, 2.05) is 43.5 Å². The van der Waals surface area contributed by atoms with Crippen molar-refractivity contribution in [3.63, 3.8) is 0 Å². The van der Waals surface area contributed by atoms with Gasteiger partial charge in [-0.2, -0.15) is 0 Å². The van der Waals surface area contributed by atoms with Gasteiger partial charge in [-0.1, -0.05) is 43.3 Å². The van der Waals surface area contributed by atoms with E-state index in [4.69, 9.17) is 4.74 Å². The van der Waals surface area contributed by atoms with E-state index in [1.165, 1.54) is 0 Å². The summed E-state index contributed by atoms with van der Waals surface area (Å²) >= 11 is 0. The van der Waals surface area contributed by atoms with Crippen LogP contribution in [0.15, 0.2) is 42.5 Å². The highest BCUT2D eigenvalue weighted by atomic mass is 16.5. The molecule has 0 N–H and O–H groups in total. The number of carbonyl (C=O) groups is 1. The Morgan fingerprint density at radius 2 is 2.00 bits per heavy atom. The molecule has 18 heavy (non-hydrogen) atoms. The number of ether oxygens (including phenoxy) is 1. The Labute approximate surface area is 108 Å². The zero-order chi connectivity index (χ0) is 13.0. The maximum atomic E-state index is 11.6. The van der Waals surface area contributed by atoms with Crippen LogP contribution in [0.2, 0.25) is 0 Å². The number of benzene rings is 1. The van der Waals surface area contributed by atoms with E-state index in [2.05, 4.69) is 6.92 Å². The fourth-order valence-electron chi connectivity index (χ4n) is 2.13. The Bertz CT molecular complexity index is 427. The molecule has 2 atom stereocenters. The summed E-state index contributed by atoms with van der Waals surface area (Å²) in [6.45, 7) is 3.27. The van der Waals surface area contributed by atoms with Gasteiger partial charge in [0.2, 0.25) is 5.91 Å². The Hall–Kier alpha value is -1.61. The number of hydrogen-bond acceptors (Lipinski definition) is 2. The van der Waals surface area contributed by atoms with Crippen molar-refractivity contribution >= 4 is 5.91 Å². The molecule has 0 saturated carbocycles. The first-order valence-corrected chi connectivity index (χ1v) is 6.25. The maximum absolute atomic E-state index is 11.6. The number of amides is 1. The van der Waals surface area contributed by atoms with Crippen molar-refractivity contribution in [1.82, 2.24) is 4.90 Å².